The monoisotopic (exact) mass is 366 g/mol. The van der Waals surface area contributed by atoms with Crippen LogP contribution < -0.4 is 5.73 Å². The molecule has 0 unspecified atom stereocenters. The molecule has 3 fully saturated rings. The minimum atomic E-state index is -0.170. The molecule has 0 spiro atoms. The van der Waals surface area contributed by atoms with E-state index in [1.807, 2.05) is 0 Å². The van der Waals surface area contributed by atoms with Crippen molar-refractivity contribution < 1.29 is 0 Å². The molecule has 4 heteroatoms. The van der Waals surface area contributed by atoms with Crippen molar-refractivity contribution in [1.82, 2.24) is 14.5 Å². The Morgan fingerprint density at radius 2 is 1.67 bits per heavy atom. The third kappa shape index (κ3) is 3.54. The molecule has 1 saturated heterocycles. The largest absolute Gasteiger partial charge is 0.323 e. The fourth-order valence-corrected chi connectivity index (χ4v) is 5.40. The van der Waals surface area contributed by atoms with Gasteiger partial charge in [-0.25, -0.2) is 4.98 Å². The van der Waals surface area contributed by atoms with Gasteiger partial charge in [-0.3, -0.25) is 0 Å². The second-order valence-electron chi connectivity index (χ2n) is 9.34. The van der Waals surface area contributed by atoms with Crippen molar-refractivity contribution in [3.8, 4) is 0 Å². The quantitative estimate of drug-likeness (QED) is 0.805. The van der Waals surface area contributed by atoms with Crippen LogP contribution in [0.1, 0.15) is 76.1 Å². The van der Waals surface area contributed by atoms with Gasteiger partial charge in [-0.1, -0.05) is 37.8 Å². The number of likely N-dealkylation sites (tertiary alicyclic amines) is 1. The summed E-state index contributed by atoms with van der Waals surface area (Å²) < 4.78 is 2.52. The lowest BCUT2D eigenvalue weighted by Gasteiger charge is -2.36. The van der Waals surface area contributed by atoms with Gasteiger partial charge in [0.2, 0.25) is 0 Å². The van der Waals surface area contributed by atoms with Crippen LogP contribution in [-0.4, -0.2) is 34.1 Å². The summed E-state index contributed by atoms with van der Waals surface area (Å²) in [5.41, 5.74) is 8.84. The first-order valence-electron chi connectivity index (χ1n) is 11.2. The molecule has 1 aliphatic heterocycles. The van der Waals surface area contributed by atoms with Gasteiger partial charge in [0.25, 0.3) is 0 Å². The zero-order chi connectivity index (χ0) is 18.3. The van der Waals surface area contributed by atoms with Crippen LogP contribution in [0.15, 0.2) is 24.3 Å². The van der Waals surface area contributed by atoms with Crippen molar-refractivity contribution in [3.63, 3.8) is 0 Å². The van der Waals surface area contributed by atoms with Crippen LogP contribution in [0.25, 0.3) is 11.0 Å². The lowest BCUT2D eigenvalue weighted by molar-refractivity contribution is 0.156. The van der Waals surface area contributed by atoms with Gasteiger partial charge in [0.05, 0.1) is 16.6 Å². The smallest absolute Gasteiger partial charge is 0.130 e. The summed E-state index contributed by atoms with van der Waals surface area (Å²) in [6.07, 6.45) is 13.3. The van der Waals surface area contributed by atoms with E-state index in [-0.39, 0.29) is 5.54 Å². The lowest BCUT2D eigenvalue weighted by Crippen LogP contribution is -2.38. The number of hydrogen-bond acceptors (Lipinski definition) is 3. The van der Waals surface area contributed by atoms with Crippen LogP contribution >= 0.6 is 0 Å². The van der Waals surface area contributed by atoms with Crippen molar-refractivity contribution in [2.24, 2.45) is 11.7 Å². The maximum Gasteiger partial charge on any atom is 0.130 e. The summed E-state index contributed by atoms with van der Waals surface area (Å²) >= 11 is 0. The summed E-state index contributed by atoms with van der Waals surface area (Å²) in [6.45, 7) is 3.78. The molecule has 0 bridgehead atoms. The van der Waals surface area contributed by atoms with E-state index in [0.717, 1.165) is 30.1 Å². The number of fused-ring (bicyclic) bond motifs is 1. The standard InChI is InChI=1S/C23H34N4/c24-23(13-14-23)22-25-20-9-5-6-10-21(20)27(22)19-11-15-26(16-12-19)17-18-7-3-1-2-4-8-18/h5-6,9-10,18-19H,1-4,7-8,11-17,24H2. The molecule has 2 aromatic rings. The highest BCUT2D eigenvalue weighted by atomic mass is 15.2. The molecule has 27 heavy (non-hydrogen) atoms. The minimum Gasteiger partial charge on any atom is -0.323 e. The Hall–Kier alpha value is -1.39. The molecule has 2 aliphatic carbocycles. The second kappa shape index (κ2) is 7.21. The highest BCUT2D eigenvalue weighted by Crippen LogP contribution is 2.45. The minimum absolute atomic E-state index is 0.170. The van der Waals surface area contributed by atoms with E-state index in [1.54, 1.807) is 0 Å². The van der Waals surface area contributed by atoms with E-state index in [1.165, 1.54) is 76.5 Å². The van der Waals surface area contributed by atoms with Crippen LogP contribution in [0.2, 0.25) is 0 Å². The molecule has 0 amide bonds. The van der Waals surface area contributed by atoms with Crippen molar-refractivity contribution in [2.75, 3.05) is 19.6 Å². The lowest BCUT2D eigenvalue weighted by atomic mass is 9.97. The molecule has 146 valence electrons. The number of aromatic nitrogens is 2. The van der Waals surface area contributed by atoms with Crippen LogP contribution in [0.4, 0.5) is 0 Å². The molecule has 2 heterocycles. The molecule has 0 radical (unpaired) electrons. The highest BCUT2D eigenvalue weighted by molar-refractivity contribution is 5.76. The Labute approximate surface area is 163 Å². The van der Waals surface area contributed by atoms with Gasteiger partial charge in [-0.15, -0.1) is 0 Å². The molecule has 5 rings (SSSR count). The molecular weight excluding hydrogens is 332 g/mol. The summed E-state index contributed by atoms with van der Waals surface area (Å²) in [6, 6.07) is 9.16. The first-order chi connectivity index (χ1) is 13.2. The average Bonchev–Trinajstić information content (AvgIpc) is 3.39. The van der Waals surface area contributed by atoms with Gasteiger partial charge >= 0.3 is 0 Å². The summed E-state index contributed by atoms with van der Waals surface area (Å²) in [7, 11) is 0. The SMILES string of the molecule is NC1(c2nc3ccccc3n2C2CCN(CC3CCCCCC3)CC2)CC1. The van der Waals surface area contributed by atoms with Crippen molar-refractivity contribution >= 4 is 11.0 Å². The molecule has 1 aromatic heterocycles. The topological polar surface area (TPSA) is 47.1 Å². The number of nitrogens with zero attached hydrogens (tertiary/aromatic N) is 3. The van der Waals surface area contributed by atoms with E-state index >= 15 is 0 Å². The molecule has 4 nitrogen and oxygen atoms in total. The van der Waals surface area contributed by atoms with Gasteiger partial charge in [0.1, 0.15) is 5.82 Å². The summed E-state index contributed by atoms with van der Waals surface area (Å²) in [5, 5.41) is 0. The predicted octanol–water partition coefficient (Wildman–Crippen LogP) is 4.59. The van der Waals surface area contributed by atoms with E-state index in [0.29, 0.717) is 6.04 Å². The number of para-hydroxylation sites is 2. The van der Waals surface area contributed by atoms with Gasteiger partial charge < -0.3 is 15.2 Å². The number of hydrogen-bond donors (Lipinski definition) is 1. The number of imidazole rings is 1. The van der Waals surface area contributed by atoms with Gasteiger partial charge in [0.15, 0.2) is 0 Å². The number of piperidine rings is 1. The Bertz CT molecular complexity index is 775. The van der Waals surface area contributed by atoms with Crippen LogP contribution in [0.3, 0.4) is 0 Å². The Morgan fingerprint density at radius 3 is 2.37 bits per heavy atom. The summed E-state index contributed by atoms with van der Waals surface area (Å²) in [4.78, 5) is 7.71. The third-order valence-corrected chi connectivity index (χ3v) is 7.24. The molecule has 0 atom stereocenters. The van der Waals surface area contributed by atoms with Crippen LogP contribution in [0.5, 0.6) is 0 Å². The van der Waals surface area contributed by atoms with E-state index in [4.69, 9.17) is 10.7 Å². The van der Waals surface area contributed by atoms with Crippen molar-refractivity contribution in [1.29, 1.82) is 0 Å². The molecule has 1 aromatic carbocycles. The zero-order valence-corrected chi connectivity index (χ0v) is 16.6. The first-order valence-corrected chi connectivity index (χ1v) is 11.2. The average molecular weight is 367 g/mol. The third-order valence-electron chi connectivity index (χ3n) is 7.24. The van der Waals surface area contributed by atoms with Crippen molar-refractivity contribution in [2.45, 2.75) is 75.8 Å². The normalized spacial score (nSPS) is 24.9. The Kier molecular flexibility index (Phi) is 4.73. The van der Waals surface area contributed by atoms with E-state index in [2.05, 4.69) is 33.7 Å². The summed E-state index contributed by atoms with van der Waals surface area (Å²) in [5.74, 6) is 2.08. The molecule has 2 N–H and O–H groups in total. The van der Waals surface area contributed by atoms with Gasteiger partial charge in [-0.05, 0) is 56.6 Å². The molecule has 3 aliphatic rings. The van der Waals surface area contributed by atoms with Gasteiger partial charge in [-0.2, -0.15) is 0 Å². The number of rotatable bonds is 4. The van der Waals surface area contributed by atoms with Crippen molar-refractivity contribution in [3.05, 3.63) is 30.1 Å². The van der Waals surface area contributed by atoms with Gasteiger partial charge in [0, 0.05) is 25.7 Å². The maximum atomic E-state index is 6.61. The Balaban J connectivity index is 1.31. The Morgan fingerprint density at radius 1 is 0.963 bits per heavy atom. The number of nitrogens with two attached hydrogens (primary N) is 1. The number of benzene rings is 1. The van der Waals surface area contributed by atoms with Crippen LogP contribution in [-0.2, 0) is 5.54 Å². The zero-order valence-electron chi connectivity index (χ0n) is 16.6. The first kappa shape index (κ1) is 17.7. The van der Waals surface area contributed by atoms with Crippen LogP contribution in [0, 0.1) is 5.92 Å². The molecular formula is C23H34N4. The maximum absolute atomic E-state index is 6.61. The predicted molar refractivity (Wildman–Crippen MR) is 111 cm³/mol. The fraction of sp³-hybridized carbons (Fsp3) is 0.696. The molecule has 2 saturated carbocycles. The van der Waals surface area contributed by atoms with E-state index in [9.17, 15) is 0 Å². The fourth-order valence-electron chi connectivity index (χ4n) is 5.40. The van der Waals surface area contributed by atoms with E-state index < -0.39 is 0 Å². The second-order valence-corrected chi connectivity index (χ2v) is 9.34. The highest BCUT2D eigenvalue weighted by Gasteiger charge is 2.45.